The van der Waals surface area contributed by atoms with Crippen LogP contribution in [0.15, 0.2) is 24.3 Å². The van der Waals surface area contributed by atoms with E-state index in [-0.39, 0.29) is 35.8 Å². The Bertz CT molecular complexity index is 1150. The Hall–Kier alpha value is -3.27. The minimum absolute atomic E-state index is 0.0212. The number of primary amides is 1. The summed E-state index contributed by atoms with van der Waals surface area (Å²) in [5, 5.41) is 11.4. The van der Waals surface area contributed by atoms with Crippen molar-refractivity contribution in [3.63, 3.8) is 0 Å². The Balaban J connectivity index is 1.67. The number of aryl methyl sites for hydroxylation is 2. The zero-order valence-electron chi connectivity index (χ0n) is 17.9. The summed E-state index contributed by atoms with van der Waals surface area (Å²) in [5.41, 5.74) is 13.7. The predicted octanol–water partition coefficient (Wildman–Crippen LogP) is 3.37. The second-order valence-corrected chi connectivity index (χ2v) is 8.13. The van der Waals surface area contributed by atoms with Gasteiger partial charge < -0.3 is 22.1 Å². The molecule has 0 bridgehead atoms. The van der Waals surface area contributed by atoms with Gasteiger partial charge >= 0.3 is 0 Å². The molecule has 0 saturated heterocycles. The smallest absolute Gasteiger partial charge is 0.252 e. The number of nitrogens with two attached hydrogens (primary N) is 2. The largest absolute Gasteiger partial charge is 0.365 e. The maximum Gasteiger partial charge on any atom is 0.252 e. The lowest BCUT2D eigenvalue weighted by Gasteiger charge is -2.30. The molecular formula is C22H27F2N7O. The number of amides is 1. The highest BCUT2D eigenvalue weighted by molar-refractivity contribution is 5.99. The summed E-state index contributed by atoms with van der Waals surface area (Å²) in [6.45, 7) is 1.49. The number of hydrogen-bond donors (Lipinski definition) is 4. The Morgan fingerprint density at radius 1 is 1.25 bits per heavy atom. The third-order valence-corrected chi connectivity index (χ3v) is 5.88. The van der Waals surface area contributed by atoms with Crippen LogP contribution in [-0.2, 0) is 6.54 Å². The summed E-state index contributed by atoms with van der Waals surface area (Å²) in [6.07, 6.45) is 3.74. The number of hydrogen-bond acceptors (Lipinski definition) is 6. The first-order valence-corrected chi connectivity index (χ1v) is 10.7. The van der Waals surface area contributed by atoms with Gasteiger partial charge in [-0.25, -0.2) is 13.8 Å². The molecule has 0 aliphatic heterocycles. The van der Waals surface area contributed by atoms with Crippen molar-refractivity contribution >= 4 is 34.1 Å². The standard InChI is InChI=1S/C22H27F2N7O/c1-12-14-10-13(6-7-19(14)31(30-12)9-8-23)27-21-15(20(26)32)11-16(24)22(29-21)28-18-5-3-2-4-17(18)25/h6-7,10-11,17-18H,2-5,8-9,25H2,1H3,(H2,26,32)(H2,27,28,29)/t17-,18+/m1/s1. The molecule has 1 saturated carbocycles. The van der Waals surface area contributed by atoms with E-state index in [1.54, 1.807) is 16.8 Å². The second kappa shape index (κ2) is 9.07. The molecule has 32 heavy (non-hydrogen) atoms. The number of rotatable bonds is 7. The lowest BCUT2D eigenvalue weighted by molar-refractivity contribution is 0.100. The predicted molar refractivity (Wildman–Crippen MR) is 120 cm³/mol. The lowest BCUT2D eigenvalue weighted by atomic mass is 9.91. The Kier molecular flexibility index (Phi) is 6.22. The topological polar surface area (TPSA) is 124 Å². The number of halogens is 2. The molecule has 4 rings (SSSR count). The van der Waals surface area contributed by atoms with Gasteiger partial charge in [0, 0.05) is 23.2 Å². The van der Waals surface area contributed by atoms with Crippen LogP contribution in [0, 0.1) is 12.7 Å². The number of benzene rings is 1. The van der Waals surface area contributed by atoms with Gasteiger partial charge in [0.25, 0.3) is 5.91 Å². The van der Waals surface area contributed by atoms with Gasteiger partial charge in [-0.1, -0.05) is 12.8 Å². The molecule has 1 aromatic carbocycles. The quantitative estimate of drug-likeness (QED) is 0.444. The normalized spacial score (nSPS) is 18.6. The van der Waals surface area contributed by atoms with E-state index in [0.717, 1.165) is 48.3 Å². The fraction of sp³-hybridized carbons (Fsp3) is 0.409. The third-order valence-electron chi connectivity index (χ3n) is 5.88. The first-order chi connectivity index (χ1) is 15.4. The van der Waals surface area contributed by atoms with Crippen LogP contribution in [-0.4, -0.2) is 39.4 Å². The van der Waals surface area contributed by atoms with E-state index in [9.17, 15) is 13.6 Å². The second-order valence-electron chi connectivity index (χ2n) is 8.13. The van der Waals surface area contributed by atoms with Gasteiger partial charge in [-0.05, 0) is 44.0 Å². The van der Waals surface area contributed by atoms with Gasteiger partial charge in [0.15, 0.2) is 11.6 Å². The first kappa shape index (κ1) is 21.9. The van der Waals surface area contributed by atoms with Gasteiger partial charge in [0.1, 0.15) is 12.5 Å². The number of anilines is 3. The summed E-state index contributed by atoms with van der Waals surface area (Å²) in [4.78, 5) is 16.3. The van der Waals surface area contributed by atoms with Crippen molar-refractivity contribution in [3.8, 4) is 0 Å². The van der Waals surface area contributed by atoms with E-state index in [1.807, 2.05) is 13.0 Å². The monoisotopic (exact) mass is 443 g/mol. The molecule has 1 fully saturated rings. The Labute approximate surface area is 184 Å². The summed E-state index contributed by atoms with van der Waals surface area (Å²) >= 11 is 0. The molecule has 2 atom stereocenters. The SMILES string of the molecule is Cc1nn(CCF)c2ccc(Nc3nc(N[C@H]4CCCC[C@H]4N)c(F)cc3C(N)=O)cc12. The maximum atomic E-state index is 14.7. The molecule has 8 nitrogen and oxygen atoms in total. The zero-order chi connectivity index (χ0) is 22.8. The van der Waals surface area contributed by atoms with Gasteiger partial charge in [0.05, 0.1) is 23.3 Å². The van der Waals surface area contributed by atoms with E-state index >= 15 is 0 Å². The Morgan fingerprint density at radius 2 is 2.03 bits per heavy atom. The highest BCUT2D eigenvalue weighted by Crippen LogP contribution is 2.29. The fourth-order valence-electron chi connectivity index (χ4n) is 4.19. The van der Waals surface area contributed by atoms with Crippen molar-refractivity contribution in [2.45, 2.75) is 51.2 Å². The van der Waals surface area contributed by atoms with Gasteiger partial charge in [-0.3, -0.25) is 9.48 Å². The van der Waals surface area contributed by atoms with Gasteiger partial charge in [0.2, 0.25) is 0 Å². The van der Waals surface area contributed by atoms with Crippen LogP contribution >= 0.6 is 0 Å². The third kappa shape index (κ3) is 4.36. The van der Waals surface area contributed by atoms with Crippen molar-refractivity contribution in [2.75, 3.05) is 17.3 Å². The average Bonchev–Trinajstić information content (AvgIpc) is 3.07. The van der Waals surface area contributed by atoms with Crippen LogP contribution in [0.25, 0.3) is 10.9 Å². The molecule has 1 amide bonds. The number of nitrogens with one attached hydrogen (secondary N) is 2. The molecule has 1 aliphatic rings. The highest BCUT2D eigenvalue weighted by atomic mass is 19.1. The van der Waals surface area contributed by atoms with Crippen LogP contribution in [0.1, 0.15) is 41.7 Å². The van der Waals surface area contributed by atoms with Crippen LogP contribution in [0.2, 0.25) is 0 Å². The molecule has 2 heterocycles. The van der Waals surface area contributed by atoms with Crippen molar-refractivity contribution in [3.05, 3.63) is 41.3 Å². The molecule has 0 unspecified atom stereocenters. The number of alkyl halides is 1. The van der Waals surface area contributed by atoms with Crippen LogP contribution < -0.4 is 22.1 Å². The van der Waals surface area contributed by atoms with Gasteiger partial charge in [-0.15, -0.1) is 0 Å². The number of carbonyl (C=O) groups excluding carboxylic acids is 1. The molecule has 0 spiro atoms. The minimum atomic E-state index is -0.798. The van der Waals surface area contributed by atoms with Crippen LogP contribution in [0.5, 0.6) is 0 Å². The molecule has 1 aliphatic carbocycles. The van der Waals surface area contributed by atoms with Crippen molar-refractivity contribution in [1.29, 1.82) is 0 Å². The van der Waals surface area contributed by atoms with Crippen molar-refractivity contribution in [2.24, 2.45) is 11.5 Å². The first-order valence-electron chi connectivity index (χ1n) is 10.7. The molecular weight excluding hydrogens is 416 g/mol. The van der Waals surface area contributed by atoms with Crippen molar-refractivity contribution < 1.29 is 13.6 Å². The molecule has 2 aromatic heterocycles. The average molecular weight is 444 g/mol. The molecule has 6 N–H and O–H groups in total. The lowest BCUT2D eigenvalue weighted by Crippen LogP contribution is -2.43. The number of aromatic nitrogens is 3. The summed E-state index contributed by atoms with van der Waals surface area (Å²) in [5.74, 6) is -1.31. The molecule has 170 valence electrons. The van der Waals surface area contributed by atoms with Crippen LogP contribution in [0.4, 0.5) is 26.1 Å². The Morgan fingerprint density at radius 3 is 2.75 bits per heavy atom. The zero-order valence-corrected chi connectivity index (χ0v) is 17.9. The van der Waals surface area contributed by atoms with E-state index < -0.39 is 18.4 Å². The number of nitrogens with zero attached hydrogens (tertiary/aromatic N) is 3. The summed E-state index contributed by atoms with van der Waals surface area (Å²) in [6, 6.07) is 6.28. The molecule has 10 heteroatoms. The van der Waals surface area contributed by atoms with Gasteiger partial charge in [-0.2, -0.15) is 5.10 Å². The maximum absolute atomic E-state index is 14.7. The van der Waals surface area contributed by atoms with Crippen molar-refractivity contribution in [1.82, 2.24) is 14.8 Å². The molecule has 0 radical (unpaired) electrons. The summed E-state index contributed by atoms with van der Waals surface area (Å²) in [7, 11) is 0. The number of carbonyl (C=O) groups is 1. The van der Waals surface area contributed by atoms with E-state index in [1.165, 1.54) is 0 Å². The van der Waals surface area contributed by atoms with E-state index in [0.29, 0.717) is 5.69 Å². The highest BCUT2D eigenvalue weighted by Gasteiger charge is 2.24. The minimum Gasteiger partial charge on any atom is -0.365 e. The van der Waals surface area contributed by atoms with E-state index in [4.69, 9.17) is 11.5 Å². The summed E-state index contributed by atoms with van der Waals surface area (Å²) < 4.78 is 29.1. The number of fused-ring (bicyclic) bond motifs is 1. The van der Waals surface area contributed by atoms with Crippen LogP contribution in [0.3, 0.4) is 0 Å². The number of pyridine rings is 1. The fourth-order valence-corrected chi connectivity index (χ4v) is 4.19. The molecule has 3 aromatic rings. The van der Waals surface area contributed by atoms with E-state index in [2.05, 4.69) is 20.7 Å².